The van der Waals surface area contributed by atoms with Gasteiger partial charge in [-0.2, -0.15) is 0 Å². The van der Waals surface area contributed by atoms with Gasteiger partial charge in [-0.15, -0.1) is 0 Å². The Hall–Kier alpha value is -2.89. The fraction of sp³-hybridized carbons (Fsp3) is 0.435. The van der Waals surface area contributed by atoms with E-state index in [0.717, 1.165) is 37.3 Å². The van der Waals surface area contributed by atoms with Crippen LogP contribution in [0.1, 0.15) is 46.9 Å². The smallest absolute Gasteiger partial charge is 0.253 e. The lowest BCUT2D eigenvalue weighted by atomic mass is 10.0. The van der Waals surface area contributed by atoms with Gasteiger partial charge in [0.25, 0.3) is 11.8 Å². The highest BCUT2D eigenvalue weighted by Gasteiger charge is 2.25. The van der Waals surface area contributed by atoms with E-state index in [1.165, 1.54) is 6.42 Å². The molecule has 2 saturated heterocycles. The van der Waals surface area contributed by atoms with Crippen LogP contribution in [0.4, 0.5) is 5.82 Å². The largest absolute Gasteiger partial charge is 0.356 e. The Morgan fingerprint density at radius 2 is 1.76 bits per heavy atom. The van der Waals surface area contributed by atoms with E-state index in [-0.39, 0.29) is 17.9 Å². The highest BCUT2D eigenvalue weighted by Crippen LogP contribution is 2.22. The molecule has 29 heavy (non-hydrogen) atoms. The summed E-state index contributed by atoms with van der Waals surface area (Å²) in [5.41, 5.74) is 1.37. The van der Waals surface area contributed by atoms with Gasteiger partial charge in [-0.25, -0.2) is 4.98 Å². The van der Waals surface area contributed by atoms with Crippen LogP contribution in [0, 0.1) is 5.92 Å². The summed E-state index contributed by atoms with van der Waals surface area (Å²) in [6.07, 6.45) is 4.42. The molecule has 2 fully saturated rings. The van der Waals surface area contributed by atoms with Crippen molar-refractivity contribution in [2.75, 3.05) is 31.1 Å². The van der Waals surface area contributed by atoms with E-state index in [4.69, 9.17) is 0 Å². The van der Waals surface area contributed by atoms with Crippen molar-refractivity contribution in [2.24, 2.45) is 5.92 Å². The number of rotatable bonds is 4. The molecular weight excluding hydrogens is 364 g/mol. The molecule has 1 atom stereocenters. The van der Waals surface area contributed by atoms with Crippen LogP contribution in [0.25, 0.3) is 0 Å². The maximum absolute atomic E-state index is 12.7. The number of hydrogen-bond donors (Lipinski definition) is 1. The van der Waals surface area contributed by atoms with E-state index in [2.05, 4.69) is 22.1 Å². The number of anilines is 1. The molecule has 1 unspecified atom stereocenters. The number of nitrogens with zero attached hydrogens (tertiary/aromatic N) is 3. The van der Waals surface area contributed by atoms with Crippen molar-refractivity contribution in [3.63, 3.8) is 0 Å². The number of nitrogens with one attached hydrogen (secondary N) is 1. The molecule has 0 radical (unpaired) electrons. The van der Waals surface area contributed by atoms with E-state index in [9.17, 15) is 9.59 Å². The summed E-state index contributed by atoms with van der Waals surface area (Å²) in [6.45, 7) is 5.54. The van der Waals surface area contributed by atoms with Crippen molar-refractivity contribution in [1.82, 2.24) is 15.2 Å². The highest BCUT2D eigenvalue weighted by molar-refractivity contribution is 5.95. The summed E-state index contributed by atoms with van der Waals surface area (Å²) < 4.78 is 0. The van der Waals surface area contributed by atoms with Crippen LogP contribution in [-0.2, 0) is 0 Å². The van der Waals surface area contributed by atoms with Gasteiger partial charge < -0.3 is 15.1 Å². The molecule has 2 aliphatic heterocycles. The van der Waals surface area contributed by atoms with Gasteiger partial charge in [0.1, 0.15) is 5.82 Å². The van der Waals surface area contributed by atoms with Gasteiger partial charge in [-0.3, -0.25) is 9.59 Å². The van der Waals surface area contributed by atoms with E-state index in [0.29, 0.717) is 24.6 Å². The lowest BCUT2D eigenvalue weighted by Crippen LogP contribution is -2.46. The van der Waals surface area contributed by atoms with Crippen LogP contribution in [0.2, 0.25) is 0 Å². The molecular formula is C23H28N4O2. The maximum Gasteiger partial charge on any atom is 0.253 e. The van der Waals surface area contributed by atoms with E-state index in [1.54, 1.807) is 12.3 Å². The Kier molecular flexibility index (Phi) is 5.79. The first kappa shape index (κ1) is 19.4. The standard InChI is InChI=1S/C23H28N4O2/c1-17-8-12-27(16-17)21-15-19(7-11-24-21)22(28)25-20-9-13-26(14-10-20)23(29)18-5-3-2-4-6-18/h2-7,11,15,17,20H,8-10,12-14,16H2,1H3,(H,25,28). The van der Waals surface area contributed by atoms with Crippen LogP contribution in [-0.4, -0.2) is 53.9 Å². The zero-order valence-corrected chi connectivity index (χ0v) is 16.9. The first-order chi connectivity index (χ1) is 14.1. The van der Waals surface area contributed by atoms with Gasteiger partial charge >= 0.3 is 0 Å². The Morgan fingerprint density at radius 3 is 2.45 bits per heavy atom. The molecule has 0 bridgehead atoms. The van der Waals surface area contributed by atoms with Gasteiger partial charge in [0.15, 0.2) is 0 Å². The third kappa shape index (κ3) is 4.58. The summed E-state index contributed by atoms with van der Waals surface area (Å²) in [5, 5.41) is 3.14. The van der Waals surface area contributed by atoms with Crippen LogP contribution in [0.15, 0.2) is 48.7 Å². The molecule has 2 aromatic rings. The normalized spacial score (nSPS) is 20.0. The van der Waals surface area contributed by atoms with Crippen molar-refractivity contribution in [1.29, 1.82) is 0 Å². The predicted molar refractivity (Wildman–Crippen MR) is 113 cm³/mol. The first-order valence-electron chi connectivity index (χ1n) is 10.5. The second-order valence-corrected chi connectivity index (χ2v) is 8.15. The lowest BCUT2D eigenvalue weighted by molar-refractivity contribution is 0.0698. The number of carbonyl (C=O) groups excluding carboxylic acids is 2. The molecule has 0 spiro atoms. The second kappa shape index (κ2) is 8.64. The number of aromatic nitrogens is 1. The topological polar surface area (TPSA) is 65.5 Å². The monoisotopic (exact) mass is 392 g/mol. The number of amides is 2. The van der Waals surface area contributed by atoms with Gasteiger partial charge in [0, 0.05) is 49.5 Å². The molecule has 0 aliphatic carbocycles. The third-order valence-corrected chi connectivity index (χ3v) is 5.89. The molecule has 3 heterocycles. The summed E-state index contributed by atoms with van der Waals surface area (Å²) in [4.78, 5) is 33.9. The SMILES string of the molecule is CC1CCN(c2cc(C(=O)NC3CCN(C(=O)c4ccccc4)CC3)ccn2)C1. The first-order valence-corrected chi connectivity index (χ1v) is 10.5. The van der Waals surface area contributed by atoms with Gasteiger partial charge in [0.2, 0.25) is 0 Å². The molecule has 0 saturated carbocycles. The Morgan fingerprint density at radius 1 is 1.00 bits per heavy atom. The number of carbonyl (C=O) groups is 2. The van der Waals surface area contributed by atoms with Crippen LogP contribution >= 0.6 is 0 Å². The van der Waals surface area contributed by atoms with E-state index < -0.39 is 0 Å². The fourth-order valence-electron chi connectivity index (χ4n) is 4.13. The Labute approximate surface area is 171 Å². The van der Waals surface area contributed by atoms with Crippen LogP contribution < -0.4 is 10.2 Å². The maximum atomic E-state index is 12.7. The summed E-state index contributed by atoms with van der Waals surface area (Å²) in [7, 11) is 0. The third-order valence-electron chi connectivity index (χ3n) is 5.89. The zero-order chi connectivity index (χ0) is 20.2. The molecule has 4 rings (SSSR count). The zero-order valence-electron chi connectivity index (χ0n) is 16.9. The number of likely N-dealkylation sites (tertiary alicyclic amines) is 1. The average Bonchev–Trinajstić information content (AvgIpc) is 3.21. The minimum Gasteiger partial charge on any atom is -0.356 e. The molecule has 152 valence electrons. The van der Waals surface area contributed by atoms with E-state index in [1.807, 2.05) is 41.3 Å². The molecule has 1 aromatic heterocycles. The molecule has 1 aromatic carbocycles. The molecule has 1 N–H and O–H groups in total. The quantitative estimate of drug-likeness (QED) is 0.869. The van der Waals surface area contributed by atoms with Gasteiger partial charge in [-0.05, 0) is 49.4 Å². The Bertz CT molecular complexity index is 862. The Balaban J connectivity index is 1.31. The molecule has 2 amide bonds. The average molecular weight is 393 g/mol. The number of pyridine rings is 1. The van der Waals surface area contributed by atoms with Gasteiger partial charge in [-0.1, -0.05) is 25.1 Å². The highest BCUT2D eigenvalue weighted by atomic mass is 16.2. The molecule has 2 aliphatic rings. The van der Waals surface area contributed by atoms with Crippen molar-refractivity contribution in [2.45, 2.75) is 32.2 Å². The van der Waals surface area contributed by atoms with E-state index >= 15 is 0 Å². The summed E-state index contributed by atoms with van der Waals surface area (Å²) in [6, 6.07) is 13.1. The number of hydrogen-bond acceptors (Lipinski definition) is 4. The van der Waals surface area contributed by atoms with Crippen molar-refractivity contribution < 1.29 is 9.59 Å². The van der Waals surface area contributed by atoms with Crippen molar-refractivity contribution in [3.05, 3.63) is 59.8 Å². The second-order valence-electron chi connectivity index (χ2n) is 8.15. The summed E-state index contributed by atoms with van der Waals surface area (Å²) >= 11 is 0. The van der Waals surface area contributed by atoms with Crippen molar-refractivity contribution >= 4 is 17.6 Å². The van der Waals surface area contributed by atoms with Crippen LogP contribution in [0.5, 0.6) is 0 Å². The minimum atomic E-state index is -0.0614. The fourth-order valence-corrected chi connectivity index (χ4v) is 4.13. The minimum absolute atomic E-state index is 0.0614. The number of piperidine rings is 1. The van der Waals surface area contributed by atoms with Gasteiger partial charge in [0.05, 0.1) is 0 Å². The predicted octanol–water partition coefficient (Wildman–Crippen LogP) is 2.96. The number of benzene rings is 1. The van der Waals surface area contributed by atoms with Crippen molar-refractivity contribution in [3.8, 4) is 0 Å². The molecule has 6 nitrogen and oxygen atoms in total. The molecule has 6 heteroatoms. The van der Waals surface area contributed by atoms with Crippen LogP contribution in [0.3, 0.4) is 0 Å². The summed E-state index contributed by atoms with van der Waals surface area (Å²) in [5.74, 6) is 1.55. The lowest BCUT2D eigenvalue weighted by Gasteiger charge is -2.32.